The van der Waals surface area contributed by atoms with Crippen LogP contribution in [-0.2, 0) is 22.4 Å². The second-order valence-corrected chi connectivity index (χ2v) is 8.75. The van der Waals surface area contributed by atoms with Crippen LogP contribution in [0.3, 0.4) is 0 Å². The molecule has 0 saturated carbocycles. The van der Waals surface area contributed by atoms with E-state index in [0.29, 0.717) is 29.3 Å². The average molecular weight is 518 g/mol. The Morgan fingerprint density at radius 2 is 1.49 bits per heavy atom. The minimum atomic E-state index is -0.615. The Hall–Kier alpha value is -4.10. The Morgan fingerprint density at radius 3 is 2.05 bits per heavy atom. The highest BCUT2D eigenvalue weighted by Gasteiger charge is 2.39. The first kappa shape index (κ1) is 26.0. The smallest absolute Gasteiger partial charge is 0.283 e. The van der Waals surface area contributed by atoms with Crippen LogP contribution in [0.5, 0.6) is 5.75 Å². The van der Waals surface area contributed by atoms with Gasteiger partial charge >= 0.3 is 0 Å². The van der Waals surface area contributed by atoms with Gasteiger partial charge in [-0.05, 0) is 79.4 Å². The Balaban J connectivity index is 1.48. The second kappa shape index (κ2) is 11.3. The van der Waals surface area contributed by atoms with Crippen LogP contribution in [0.15, 0.2) is 77.5 Å². The lowest BCUT2D eigenvalue weighted by molar-refractivity contribution is -0.120. The van der Waals surface area contributed by atoms with E-state index in [2.05, 4.69) is 24.5 Å². The number of rotatable bonds is 9. The molecular weight excluding hydrogens is 490 g/mol. The number of ether oxygens (including phenoxy) is 1. The van der Waals surface area contributed by atoms with Gasteiger partial charge in [0, 0.05) is 16.9 Å². The summed E-state index contributed by atoms with van der Waals surface area (Å²) in [6.07, 6.45) is 1.62. The van der Waals surface area contributed by atoms with Gasteiger partial charge in [-0.3, -0.25) is 14.4 Å². The molecule has 4 rings (SSSR count). The molecule has 0 spiro atoms. The van der Waals surface area contributed by atoms with Crippen molar-refractivity contribution in [3.8, 4) is 5.75 Å². The molecule has 1 aliphatic heterocycles. The number of amides is 3. The minimum Gasteiger partial charge on any atom is -0.494 e. The molecule has 0 saturated heterocycles. The third kappa shape index (κ3) is 5.37. The summed E-state index contributed by atoms with van der Waals surface area (Å²) in [4.78, 5) is 39.7. The second-order valence-electron chi connectivity index (χ2n) is 8.38. The van der Waals surface area contributed by atoms with Crippen LogP contribution in [0.2, 0.25) is 0 Å². The zero-order chi connectivity index (χ0) is 26.5. The number of halogens is 1. The third-order valence-electron chi connectivity index (χ3n) is 6.09. The summed E-state index contributed by atoms with van der Waals surface area (Å²) in [5.74, 6) is -0.774. The Morgan fingerprint density at radius 1 is 0.865 bits per heavy atom. The molecule has 190 valence electrons. The van der Waals surface area contributed by atoms with Gasteiger partial charge in [0.15, 0.2) is 0 Å². The molecule has 1 aliphatic rings. The summed E-state index contributed by atoms with van der Waals surface area (Å²) in [7, 11) is 0. The molecular formula is C29H28ClN3O4. The first-order chi connectivity index (χ1) is 17.9. The van der Waals surface area contributed by atoms with E-state index >= 15 is 0 Å². The topological polar surface area (TPSA) is 87.7 Å². The molecule has 37 heavy (non-hydrogen) atoms. The summed E-state index contributed by atoms with van der Waals surface area (Å²) in [6.45, 7) is 6.48. The van der Waals surface area contributed by atoms with E-state index in [1.54, 1.807) is 48.5 Å². The van der Waals surface area contributed by atoms with E-state index in [4.69, 9.17) is 16.3 Å². The van der Waals surface area contributed by atoms with Gasteiger partial charge in [0.1, 0.15) is 16.5 Å². The van der Waals surface area contributed by atoms with Crippen LogP contribution >= 0.6 is 11.6 Å². The number of anilines is 3. The van der Waals surface area contributed by atoms with Crippen molar-refractivity contribution in [2.75, 3.05) is 22.1 Å². The average Bonchev–Trinajstić information content (AvgIpc) is 3.12. The molecule has 1 heterocycles. The fourth-order valence-electron chi connectivity index (χ4n) is 4.14. The summed E-state index contributed by atoms with van der Waals surface area (Å²) in [5, 5.41) is 5.77. The fourth-order valence-corrected chi connectivity index (χ4v) is 4.35. The number of carbonyl (C=O) groups excluding carboxylic acids is 3. The largest absolute Gasteiger partial charge is 0.494 e. The Labute approximate surface area is 221 Å². The highest BCUT2D eigenvalue weighted by Crippen LogP contribution is 2.31. The van der Waals surface area contributed by atoms with Crippen LogP contribution in [-0.4, -0.2) is 24.3 Å². The Kier molecular flexibility index (Phi) is 7.94. The van der Waals surface area contributed by atoms with Gasteiger partial charge in [0.2, 0.25) is 0 Å². The third-order valence-corrected chi connectivity index (χ3v) is 6.44. The van der Waals surface area contributed by atoms with Crippen LogP contribution in [0.25, 0.3) is 0 Å². The summed E-state index contributed by atoms with van der Waals surface area (Å²) in [6, 6.07) is 19.3. The monoisotopic (exact) mass is 517 g/mol. The lowest BCUT2D eigenvalue weighted by Gasteiger charge is -2.16. The molecule has 7 nitrogen and oxygen atoms in total. The van der Waals surface area contributed by atoms with Crippen molar-refractivity contribution in [3.63, 3.8) is 0 Å². The molecule has 0 radical (unpaired) electrons. The van der Waals surface area contributed by atoms with Crippen molar-refractivity contribution in [1.82, 2.24) is 0 Å². The fraction of sp³-hybridized carbons (Fsp3) is 0.207. The normalized spacial score (nSPS) is 13.2. The van der Waals surface area contributed by atoms with E-state index in [9.17, 15) is 14.4 Å². The van der Waals surface area contributed by atoms with Crippen molar-refractivity contribution in [2.24, 2.45) is 0 Å². The van der Waals surface area contributed by atoms with Gasteiger partial charge in [-0.25, -0.2) is 4.90 Å². The number of imide groups is 1. The highest BCUT2D eigenvalue weighted by molar-refractivity contribution is 6.53. The SMILES string of the molecule is CCOc1ccc(N2C(=O)C(Cl)=C(Nc3ccc(C(=O)Nc4c(CC)cccc4CC)cc3)C2=O)cc1. The van der Waals surface area contributed by atoms with Crippen LogP contribution in [0.4, 0.5) is 17.1 Å². The molecule has 0 aliphatic carbocycles. The van der Waals surface area contributed by atoms with Crippen molar-refractivity contribution >= 4 is 46.4 Å². The van der Waals surface area contributed by atoms with Gasteiger partial charge < -0.3 is 15.4 Å². The highest BCUT2D eigenvalue weighted by atomic mass is 35.5. The van der Waals surface area contributed by atoms with Crippen LogP contribution < -0.4 is 20.3 Å². The van der Waals surface area contributed by atoms with Crippen LogP contribution in [0.1, 0.15) is 42.3 Å². The maximum Gasteiger partial charge on any atom is 0.283 e. The van der Waals surface area contributed by atoms with Crippen molar-refractivity contribution in [2.45, 2.75) is 33.6 Å². The van der Waals surface area contributed by atoms with E-state index in [1.165, 1.54) is 0 Å². The number of nitrogens with zero attached hydrogens (tertiary/aromatic N) is 1. The zero-order valence-electron chi connectivity index (χ0n) is 20.9. The molecule has 0 atom stereocenters. The number of carbonyl (C=O) groups is 3. The molecule has 0 aromatic heterocycles. The van der Waals surface area contributed by atoms with Gasteiger partial charge in [-0.1, -0.05) is 43.6 Å². The number of nitrogens with one attached hydrogen (secondary N) is 2. The van der Waals surface area contributed by atoms with E-state index < -0.39 is 11.8 Å². The number of benzene rings is 3. The molecule has 3 aromatic carbocycles. The van der Waals surface area contributed by atoms with Gasteiger partial charge in [-0.15, -0.1) is 0 Å². The molecule has 2 N–H and O–H groups in total. The molecule has 0 unspecified atom stereocenters. The molecule has 3 aromatic rings. The number of aryl methyl sites for hydroxylation is 2. The lowest BCUT2D eigenvalue weighted by Crippen LogP contribution is -2.32. The number of para-hydroxylation sites is 1. The minimum absolute atomic E-state index is 0.0257. The summed E-state index contributed by atoms with van der Waals surface area (Å²) < 4.78 is 5.42. The zero-order valence-corrected chi connectivity index (χ0v) is 21.7. The molecule has 0 bridgehead atoms. The number of hydrogen-bond donors (Lipinski definition) is 2. The number of hydrogen-bond acceptors (Lipinski definition) is 5. The van der Waals surface area contributed by atoms with E-state index in [1.807, 2.05) is 25.1 Å². The maximum absolute atomic E-state index is 13.0. The van der Waals surface area contributed by atoms with Gasteiger partial charge in [-0.2, -0.15) is 0 Å². The van der Waals surface area contributed by atoms with Gasteiger partial charge in [0.25, 0.3) is 17.7 Å². The van der Waals surface area contributed by atoms with Crippen molar-refractivity contribution < 1.29 is 19.1 Å². The maximum atomic E-state index is 13.0. The molecule has 0 fully saturated rings. The van der Waals surface area contributed by atoms with E-state index in [0.717, 1.165) is 34.6 Å². The summed E-state index contributed by atoms with van der Waals surface area (Å²) >= 11 is 6.24. The summed E-state index contributed by atoms with van der Waals surface area (Å²) in [5.41, 5.74) is 4.34. The molecule has 8 heteroatoms. The van der Waals surface area contributed by atoms with Crippen LogP contribution in [0, 0.1) is 0 Å². The predicted octanol–water partition coefficient (Wildman–Crippen LogP) is 5.90. The first-order valence-corrected chi connectivity index (χ1v) is 12.6. The lowest BCUT2D eigenvalue weighted by atomic mass is 10.0. The van der Waals surface area contributed by atoms with Gasteiger partial charge in [0.05, 0.1) is 12.3 Å². The predicted molar refractivity (Wildman–Crippen MR) is 146 cm³/mol. The van der Waals surface area contributed by atoms with E-state index in [-0.39, 0.29) is 16.6 Å². The van der Waals surface area contributed by atoms with Crippen molar-refractivity contribution in [3.05, 3.63) is 94.1 Å². The van der Waals surface area contributed by atoms with Crippen molar-refractivity contribution in [1.29, 1.82) is 0 Å². The standard InChI is InChI=1S/C29H28ClN3O4/c1-4-18-8-7-9-19(5-2)25(18)32-27(34)20-10-12-21(13-11-20)31-26-24(30)28(35)33(29(26)36)22-14-16-23(17-15-22)37-6-3/h7-17,31H,4-6H2,1-3H3,(H,32,34). The Bertz CT molecular complexity index is 1340. The molecule has 3 amide bonds. The quantitative estimate of drug-likeness (QED) is 0.345. The first-order valence-electron chi connectivity index (χ1n) is 12.2.